The number of hydrogen-bond acceptors (Lipinski definition) is 3. The van der Waals surface area contributed by atoms with E-state index in [0.717, 1.165) is 0 Å². The van der Waals surface area contributed by atoms with Gasteiger partial charge in [0.25, 0.3) is 5.91 Å². The second kappa shape index (κ2) is 7.10. The maximum atomic E-state index is 13.4. The lowest BCUT2D eigenvalue weighted by molar-refractivity contribution is 0.101. The topological polar surface area (TPSA) is 87.0 Å². The van der Waals surface area contributed by atoms with Crippen molar-refractivity contribution in [3.8, 4) is 0 Å². The lowest BCUT2D eigenvalue weighted by atomic mass is 10.0. The number of benzene rings is 1. The van der Waals surface area contributed by atoms with Crippen molar-refractivity contribution in [1.82, 2.24) is 9.29 Å². The molecular formula is C18H19F3N4O2S. The first-order valence-corrected chi connectivity index (χ1v) is 9.96. The van der Waals surface area contributed by atoms with Crippen LogP contribution < -0.4 is 10.0 Å². The molecule has 2 aromatic rings. The molecule has 150 valence electrons. The fourth-order valence-corrected chi connectivity index (χ4v) is 4.60. The van der Waals surface area contributed by atoms with Crippen LogP contribution in [0.4, 0.5) is 18.9 Å². The number of amides is 1. The zero-order valence-electron chi connectivity index (χ0n) is 15.3. The standard InChI is InChI=1S/C18H19F3N4O2S/c1-9(2)14-5-4-11-15(28(22,27)24-14)8-25(3)17(11)18(26)23-10-6-12(19)16(21)13(20)7-10/h4-9,14H,1-3H3,(H,23,26)(H2,22,24,27)/t14-,28?/m0/s1. The molecule has 3 rings (SSSR count). The van der Waals surface area contributed by atoms with Crippen LogP contribution in [0.25, 0.3) is 6.08 Å². The minimum absolute atomic E-state index is 0.0579. The lowest BCUT2D eigenvalue weighted by Crippen LogP contribution is -2.35. The quantitative estimate of drug-likeness (QED) is 0.672. The summed E-state index contributed by atoms with van der Waals surface area (Å²) in [5.74, 6) is -5.17. The molecule has 0 radical (unpaired) electrons. The first-order valence-electron chi connectivity index (χ1n) is 8.40. The first-order chi connectivity index (χ1) is 13.0. The molecule has 28 heavy (non-hydrogen) atoms. The molecule has 2 heterocycles. The number of carbonyl (C=O) groups excluding carboxylic acids is 1. The molecule has 0 saturated heterocycles. The first kappa shape index (κ1) is 20.2. The van der Waals surface area contributed by atoms with Crippen molar-refractivity contribution >= 4 is 27.6 Å². The van der Waals surface area contributed by atoms with Crippen LogP contribution in [0.15, 0.2) is 29.3 Å². The summed E-state index contributed by atoms with van der Waals surface area (Å²) in [6.07, 6.45) is 4.74. The van der Waals surface area contributed by atoms with E-state index in [2.05, 4.69) is 10.0 Å². The van der Waals surface area contributed by atoms with E-state index < -0.39 is 33.3 Å². The Hall–Kier alpha value is -2.59. The molecule has 1 amide bonds. The van der Waals surface area contributed by atoms with Crippen LogP contribution in [0.3, 0.4) is 0 Å². The second-order valence-electron chi connectivity index (χ2n) is 6.88. The van der Waals surface area contributed by atoms with Crippen molar-refractivity contribution in [2.75, 3.05) is 5.32 Å². The Morgan fingerprint density at radius 1 is 1.29 bits per heavy atom. The number of anilines is 1. The largest absolute Gasteiger partial charge is 0.345 e. The molecule has 0 saturated carbocycles. The average molecular weight is 412 g/mol. The maximum Gasteiger partial charge on any atom is 0.272 e. The van der Waals surface area contributed by atoms with Gasteiger partial charge >= 0.3 is 0 Å². The Balaban J connectivity index is 2.04. The minimum atomic E-state index is -3.38. The van der Waals surface area contributed by atoms with E-state index in [1.807, 2.05) is 13.8 Å². The van der Waals surface area contributed by atoms with Crippen LogP contribution in [0.5, 0.6) is 0 Å². The third kappa shape index (κ3) is 3.57. The molecule has 6 nitrogen and oxygen atoms in total. The summed E-state index contributed by atoms with van der Waals surface area (Å²) >= 11 is 0. The number of carbonyl (C=O) groups is 1. The lowest BCUT2D eigenvalue weighted by Gasteiger charge is -2.18. The summed E-state index contributed by atoms with van der Waals surface area (Å²) in [7, 11) is -1.86. The van der Waals surface area contributed by atoms with Crippen molar-refractivity contribution in [2.45, 2.75) is 24.8 Å². The zero-order chi connectivity index (χ0) is 20.8. The molecule has 0 aliphatic carbocycles. The number of hydrogen-bond donors (Lipinski definition) is 3. The van der Waals surface area contributed by atoms with Gasteiger partial charge < -0.3 is 9.88 Å². The van der Waals surface area contributed by atoms with E-state index in [9.17, 15) is 22.2 Å². The van der Waals surface area contributed by atoms with E-state index in [4.69, 9.17) is 4.78 Å². The van der Waals surface area contributed by atoms with Crippen LogP contribution in [-0.2, 0) is 17.0 Å². The molecule has 2 atom stereocenters. The Bertz CT molecular complexity index is 1070. The van der Waals surface area contributed by atoms with Crippen molar-refractivity contribution in [1.29, 1.82) is 4.78 Å². The number of fused-ring (bicyclic) bond motifs is 1. The average Bonchev–Trinajstić information content (AvgIpc) is 2.87. The fourth-order valence-electron chi connectivity index (χ4n) is 2.96. The summed E-state index contributed by atoms with van der Waals surface area (Å²) in [5, 5.41) is 2.31. The van der Waals surface area contributed by atoms with Gasteiger partial charge in [-0.1, -0.05) is 26.0 Å². The van der Waals surface area contributed by atoms with Gasteiger partial charge in [-0.3, -0.25) is 4.79 Å². The summed E-state index contributed by atoms with van der Waals surface area (Å²) in [4.78, 5) is 12.9. The van der Waals surface area contributed by atoms with Gasteiger partial charge in [0, 0.05) is 42.7 Å². The van der Waals surface area contributed by atoms with Crippen LogP contribution >= 0.6 is 0 Å². The Labute approximate surface area is 160 Å². The third-order valence-corrected chi connectivity index (χ3v) is 5.99. The Morgan fingerprint density at radius 2 is 1.89 bits per heavy atom. The fraction of sp³-hybridized carbons (Fsp3) is 0.278. The summed E-state index contributed by atoms with van der Waals surface area (Å²) in [5.41, 5.74) is 0.0695. The van der Waals surface area contributed by atoms with Crippen molar-refractivity contribution in [3.05, 3.63) is 53.1 Å². The van der Waals surface area contributed by atoms with Crippen LogP contribution in [0, 0.1) is 28.1 Å². The highest BCUT2D eigenvalue weighted by atomic mass is 32.2. The molecule has 0 spiro atoms. The highest BCUT2D eigenvalue weighted by molar-refractivity contribution is 7.90. The van der Waals surface area contributed by atoms with Gasteiger partial charge in [-0.25, -0.2) is 26.9 Å². The molecule has 1 unspecified atom stereocenters. The van der Waals surface area contributed by atoms with Gasteiger partial charge in [0.1, 0.15) is 15.6 Å². The summed E-state index contributed by atoms with van der Waals surface area (Å²) in [6.45, 7) is 3.80. The molecular weight excluding hydrogens is 393 g/mol. The molecule has 3 N–H and O–H groups in total. The highest BCUT2D eigenvalue weighted by Crippen LogP contribution is 2.29. The molecule has 1 aliphatic heterocycles. The summed E-state index contributed by atoms with van der Waals surface area (Å²) in [6, 6.07) is 0.995. The van der Waals surface area contributed by atoms with Gasteiger partial charge in [-0.15, -0.1) is 0 Å². The number of rotatable bonds is 3. The Kier molecular flexibility index (Phi) is 5.11. The Morgan fingerprint density at radius 3 is 2.46 bits per heavy atom. The van der Waals surface area contributed by atoms with E-state index in [-0.39, 0.29) is 33.8 Å². The molecule has 1 aliphatic rings. The van der Waals surface area contributed by atoms with E-state index in [1.165, 1.54) is 17.8 Å². The summed E-state index contributed by atoms with van der Waals surface area (Å²) < 4.78 is 65.2. The SMILES string of the molecule is CC(C)[C@@H]1C=Cc2c(cn(C)c2C(=O)Nc2cc(F)c(F)c(F)c2)S(=N)(=O)N1. The second-order valence-corrected chi connectivity index (χ2v) is 8.67. The van der Waals surface area contributed by atoms with Crippen molar-refractivity contribution < 1.29 is 22.2 Å². The van der Waals surface area contributed by atoms with Gasteiger partial charge in [-0.05, 0) is 5.92 Å². The van der Waals surface area contributed by atoms with E-state index in [0.29, 0.717) is 12.1 Å². The van der Waals surface area contributed by atoms with Crippen molar-refractivity contribution in [3.63, 3.8) is 0 Å². The monoisotopic (exact) mass is 412 g/mol. The maximum absolute atomic E-state index is 13.4. The number of nitrogens with one attached hydrogen (secondary N) is 3. The van der Waals surface area contributed by atoms with Gasteiger partial charge in [0.2, 0.25) is 0 Å². The van der Waals surface area contributed by atoms with Gasteiger partial charge in [-0.2, -0.15) is 0 Å². The van der Waals surface area contributed by atoms with Crippen molar-refractivity contribution in [2.24, 2.45) is 13.0 Å². The number of nitrogens with zero attached hydrogens (tertiary/aromatic N) is 1. The smallest absolute Gasteiger partial charge is 0.272 e. The van der Waals surface area contributed by atoms with Crippen LogP contribution in [0.2, 0.25) is 0 Å². The van der Waals surface area contributed by atoms with E-state index in [1.54, 1.807) is 12.2 Å². The van der Waals surface area contributed by atoms with Gasteiger partial charge in [0.05, 0.1) is 4.90 Å². The number of aryl methyl sites for hydroxylation is 1. The predicted octanol–water partition coefficient (Wildman–Crippen LogP) is 3.66. The molecule has 0 bridgehead atoms. The molecule has 1 aromatic carbocycles. The number of halogens is 3. The van der Waals surface area contributed by atoms with E-state index >= 15 is 0 Å². The van der Waals surface area contributed by atoms with Crippen LogP contribution in [-0.4, -0.2) is 20.7 Å². The van der Waals surface area contributed by atoms with Gasteiger partial charge in [0.15, 0.2) is 17.5 Å². The minimum Gasteiger partial charge on any atom is -0.345 e. The molecule has 10 heteroatoms. The third-order valence-electron chi connectivity index (χ3n) is 4.44. The predicted molar refractivity (Wildman–Crippen MR) is 99.6 cm³/mol. The zero-order valence-corrected chi connectivity index (χ0v) is 16.2. The number of aromatic nitrogens is 1. The molecule has 0 fully saturated rings. The normalized spacial score (nSPS) is 21.5. The molecule has 1 aromatic heterocycles. The van der Waals surface area contributed by atoms with Crippen LogP contribution in [0.1, 0.15) is 29.9 Å². The highest BCUT2D eigenvalue weighted by Gasteiger charge is 2.29.